The van der Waals surface area contributed by atoms with Gasteiger partial charge in [-0.25, -0.2) is 0 Å². The molecule has 0 bridgehead atoms. The Kier molecular flexibility index (Phi) is 5.22. The van der Waals surface area contributed by atoms with Gasteiger partial charge >= 0.3 is 0 Å². The number of hydrogen-bond donors (Lipinski definition) is 1. The fourth-order valence-corrected chi connectivity index (χ4v) is 3.75. The van der Waals surface area contributed by atoms with Crippen LogP contribution in [-0.4, -0.2) is 36.2 Å². The van der Waals surface area contributed by atoms with E-state index in [1.807, 2.05) is 60.9 Å². The second-order valence-electron chi connectivity index (χ2n) is 6.50. The second kappa shape index (κ2) is 7.96. The van der Waals surface area contributed by atoms with Crippen LogP contribution in [0.2, 0.25) is 0 Å². The van der Waals surface area contributed by atoms with Crippen LogP contribution in [0.25, 0.3) is 17.1 Å². The summed E-state index contributed by atoms with van der Waals surface area (Å²) in [6.07, 6.45) is 1.63. The van der Waals surface area contributed by atoms with Crippen LogP contribution in [0, 0.1) is 13.8 Å². The number of nitrogens with one attached hydrogen (secondary N) is 1. The van der Waals surface area contributed by atoms with Gasteiger partial charge in [0.25, 0.3) is 0 Å². The SMILES string of the molecule is Cc1cc(NC(=O)CSc2nnc(-c3ccoc3C)n2-c2ccccc2)n(C)n1. The third kappa shape index (κ3) is 3.95. The van der Waals surface area contributed by atoms with Crippen molar-refractivity contribution in [2.75, 3.05) is 11.1 Å². The molecule has 0 aliphatic rings. The molecule has 0 saturated carbocycles. The standard InChI is InChI=1S/C20H20N6O2S/c1-13-11-17(25(3)24-13)21-18(27)12-29-20-23-22-19(16-9-10-28-14(16)2)26(20)15-7-5-4-6-8-15/h4-11H,12H2,1-3H3,(H,21,27). The number of rotatable bonds is 6. The number of thioether (sulfide) groups is 1. The van der Waals surface area contributed by atoms with Crippen molar-refractivity contribution in [3.8, 4) is 17.1 Å². The molecular formula is C20H20N6O2S. The van der Waals surface area contributed by atoms with E-state index in [9.17, 15) is 4.79 Å². The highest BCUT2D eigenvalue weighted by atomic mass is 32.2. The van der Waals surface area contributed by atoms with E-state index >= 15 is 0 Å². The lowest BCUT2D eigenvalue weighted by molar-refractivity contribution is -0.113. The minimum absolute atomic E-state index is 0.137. The zero-order valence-corrected chi connectivity index (χ0v) is 17.1. The molecule has 1 aromatic carbocycles. The highest BCUT2D eigenvalue weighted by Crippen LogP contribution is 2.30. The van der Waals surface area contributed by atoms with Gasteiger partial charge < -0.3 is 9.73 Å². The number of amides is 1. The predicted molar refractivity (Wildman–Crippen MR) is 111 cm³/mol. The Balaban J connectivity index is 1.59. The summed E-state index contributed by atoms with van der Waals surface area (Å²) >= 11 is 1.32. The second-order valence-corrected chi connectivity index (χ2v) is 7.44. The number of carbonyl (C=O) groups excluding carboxylic acids is 1. The lowest BCUT2D eigenvalue weighted by Crippen LogP contribution is -2.16. The quantitative estimate of drug-likeness (QED) is 0.490. The summed E-state index contributed by atoms with van der Waals surface area (Å²) in [5, 5.41) is 16.4. The van der Waals surface area contributed by atoms with Gasteiger partial charge in [-0.15, -0.1) is 10.2 Å². The first-order valence-electron chi connectivity index (χ1n) is 9.01. The molecule has 8 nitrogen and oxygen atoms in total. The number of aromatic nitrogens is 5. The lowest BCUT2D eigenvalue weighted by atomic mass is 10.2. The maximum atomic E-state index is 12.4. The third-order valence-electron chi connectivity index (χ3n) is 4.35. The number of para-hydroxylation sites is 1. The number of carbonyl (C=O) groups is 1. The van der Waals surface area contributed by atoms with Crippen molar-refractivity contribution in [1.29, 1.82) is 0 Å². The summed E-state index contributed by atoms with van der Waals surface area (Å²) in [5.74, 6) is 2.15. The van der Waals surface area contributed by atoms with Crippen molar-refractivity contribution in [1.82, 2.24) is 24.5 Å². The molecule has 0 unspecified atom stereocenters. The average molecular weight is 408 g/mol. The van der Waals surface area contributed by atoms with Crippen molar-refractivity contribution in [3.63, 3.8) is 0 Å². The predicted octanol–water partition coefficient (Wildman–Crippen LogP) is 3.61. The Hall–Kier alpha value is -3.33. The van der Waals surface area contributed by atoms with Gasteiger partial charge in [0, 0.05) is 18.8 Å². The number of nitrogens with zero attached hydrogens (tertiary/aromatic N) is 5. The maximum absolute atomic E-state index is 12.4. The van der Waals surface area contributed by atoms with Gasteiger partial charge in [-0.05, 0) is 32.0 Å². The van der Waals surface area contributed by atoms with Crippen LogP contribution in [-0.2, 0) is 11.8 Å². The van der Waals surface area contributed by atoms with Gasteiger partial charge in [-0.3, -0.25) is 14.0 Å². The summed E-state index contributed by atoms with van der Waals surface area (Å²) < 4.78 is 9.01. The molecule has 0 atom stereocenters. The molecule has 3 aromatic heterocycles. The molecule has 4 rings (SSSR count). The van der Waals surface area contributed by atoms with Crippen molar-refractivity contribution < 1.29 is 9.21 Å². The van der Waals surface area contributed by atoms with E-state index in [1.165, 1.54) is 11.8 Å². The summed E-state index contributed by atoms with van der Waals surface area (Å²) in [5.41, 5.74) is 2.63. The van der Waals surface area contributed by atoms with E-state index in [2.05, 4.69) is 20.6 Å². The molecule has 0 spiro atoms. The minimum Gasteiger partial charge on any atom is -0.469 e. The minimum atomic E-state index is -0.137. The molecule has 0 fully saturated rings. The van der Waals surface area contributed by atoms with Crippen LogP contribution in [0.4, 0.5) is 5.82 Å². The highest BCUT2D eigenvalue weighted by molar-refractivity contribution is 7.99. The largest absolute Gasteiger partial charge is 0.469 e. The van der Waals surface area contributed by atoms with E-state index in [1.54, 1.807) is 18.0 Å². The Morgan fingerprint density at radius 2 is 1.97 bits per heavy atom. The van der Waals surface area contributed by atoms with Crippen molar-refractivity contribution >= 4 is 23.5 Å². The molecule has 1 amide bonds. The van der Waals surface area contributed by atoms with Gasteiger partial charge in [0.2, 0.25) is 5.91 Å². The molecule has 4 aromatic rings. The van der Waals surface area contributed by atoms with Crippen LogP contribution >= 0.6 is 11.8 Å². The van der Waals surface area contributed by atoms with Crippen LogP contribution in [0.3, 0.4) is 0 Å². The topological polar surface area (TPSA) is 90.8 Å². The Morgan fingerprint density at radius 1 is 1.17 bits per heavy atom. The average Bonchev–Trinajstić information content (AvgIpc) is 3.39. The number of furan rings is 1. The van der Waals surface area contributed by atoms with Crippen LogP contribution in [0.1, 0.15) is 11.5 Å². The molecule has 0 radical (unpaired) electrons. The molecule has 148 valence electrons. The first kappa shape index (κ1) is 19.0. The van der Waals surface area contributed by atoms with Gasteiger partial charge in [0.1, 0.15) is 11.6 Å². The van der Waals surface area contributed by atoms with Gasteiger partial charge in [-0.1, -0.05) is 30.0 Å². The van der Waals surface area contributed by atoms with Crippen LogP contribution in [0.15, 0.2) is 58.3 Å². The molecule has 0 saturated heterocycles. The number of hydrogen-bond acceptors (Lipinski definition) is 6. The fourth-order valence-electron chi connectivity index (χ4n) is 3.00. The van der Waals surface area contributed by atoms with Gasteiger partial charge in [0.15, 0.2) is 11.0 Å². The zero-order chi connectivity index (χ0) is 20.4. The van der Waals surface area contributed by atoms with Crippen molar-refractivity contribution in [3.05, 3.63) is 60.2 Å². The molecule has 0 aliphatic carbocycles. The zero-order valence-electron chi connectivity index (χ0n) is 16.3. The highest BCUT2D eigenvalue weighted by Gasteiger charge is 2.19. The summed E-state index contributed by atoms with van der Waals surface area (Å²) in [7, 11) is 1.79. The first-order chi connectivity index (χ1) is 14.0. The smallest absolute Gasteiger partial charge is 0.235 e. The van der Waals surface area contributed by atoms with Crippen LogP contribution in [0.5, 0.6) is 0 Å². The maximum Gasteiger partial charge on any atom is 0.235 e. The number of aryl methyl sites for hydroxylation is 3. The van der Waals surface area contributed by atoms with E-state index in [-0.39, 0.29) is 11.7 Å². The summed E-state index contributed by atoms with van der Waals surface area (Å²) in [4.78, 5) is 12.4. The molecule has 9 heteroatoms. The van der Waals surface area contributed by atoms with Crippen molar-refractivity contribution in [2.24, 2.45) is 7.05 Å². The van der Waals surface area contributed by atoms with Crippen LogP contribution < -0.4 is 5.32 Å². The normalized spacial score (nSPS) is 11.0. The van der Waals surface area contributed by atoms with Crippen molar-refractivity contribution in [2.45, 2.75) is 19.0 Å². The Labute approximate surface area is 171 Å². The van der Waals surface area contributed by atoms with Gasteiger partial charge in [-0.2, -0.15) is 5.10 Å². The van der Waals surface area contributed by atoms with Gasteiger partial charge in [0.05, 0.1) is 23.3 Å². The molecule has 3 heterocycles. The lowest BCUT2D eigenvalue weighted by Gasteiger charge is -2.10. The number of anilines is 1. The third-order valence-corrected chi connectivity index (χ3v) is 5.28. The Bertz CT molecular complexity index is 1150. The van der Waals surface area contributed by atoms with E-state index < -0.39 is 0 Å². The number of benzene rings is 1. The molecule has 29 heavy (non-hydrogen) atoms. The van der Waals surface area contributed by atoms with E-state index in [4.69, 9.17) is 4.42 Å². The summed E-state index contributed by atoms with van der Waals surface area (Å²) in [6.45, 7) is 3.77. The molecular weight excluding hydrogens is 388 g/mol. The fraction of sp³-hybridized carbons (Fsp3) is 0.200. The van der Waals surface area contributed by atoms with E-state index in [0.717, 1.165) is 22.7 Å². The Morgan fingerprint density at radius 3 is 2.62 bits per heavy atom. The van der Waals surface area contributed by atoms with E-state index in [0.29, 0.717) is 16.8 Å². The summed E-state index contributed by atoms with van der Waals surface area (Å²) in [6, 6.07) is 13.5. The molecule has 0 aliphatic heterocycles. The monoisotopic (exact) mass is 408 g/mol. The first-order valence-corrected chi connectivity index (χ1v) is 10.00. The molecule has 1 N–H and O–H groups in total.